The molecule has 4 heteroatoms. The van der Waals surface area contributed by atoms with Crippen LogP contribution in [0.5, 0.6) is 0 Å². The Morgan fingerprint density at radius 1 is 1.25 bits per heavy atom. The summed E-state index contributed by atoms with van der Waals surface area (Å²) in [6, 6.07) is 6.55. The van der Waals surface area contributed by atoms with Crippen molar-refractivity contribution in [1.82, 2.24) is 10.3 Å². The zero-order valence-electron chi connectivity index (χ0n) is 14.0. The first-order valence-corrected chi connectivity index (χ1v) is 8.89. The van der Waals surface area contributed by atoms with E-state index in [1.807, 2.05) is 0 Å². The maximum Gasteiger partial charge on any atom is 0.253 e. The third kappa shape index (κ3) is 3.42. The number of fused-ring (bicyclic) bond motifs is 1. The average Bonchev–Trinajstić information content (AvgIpc) is 3.45. The summed E-state index contributed by atoms with van der Waals surface area (Å²) in [4.78, 5) is 16.9. The minimum absolute atomic E-state index is 0.0996. The van der Waals surface area contributed by atoms with Gasteiger partial charge in [0.2, 0.25) is 0 Å². The molecule has 0 unspecified atom stereocenters. The smallest absolute Gasteiger partial charge is 0.253 e. The van der Waals surface area contributed by atoms with Gasteiger partial charge in [-0.25, -0.2) is 4.39 Å². The third-order valence-electron chi connectivity index (χ3n) is 5.21. The third-order valence-corrected chi connectivity index (χ3v) is 5.21. The van der Waals surface area contributed by atoms with Crippen LogP contribution in [-0.2, 0) is 0 Å². The molecule has 4 rings (SSSR count). The number of aromatic nitrogens is 1. The maximum atomic E-state index is 13.7. The minimum atomic E-state index is -0.355. The van der Waals surface area contributed by atoms with Gasteiger partial charge in [-0.15, -0.1) is 0 Å². The van der Waals surface area contributed by atoms with E-state index in [4.69, 9.17) is 0 Å². The van der Waals surface area contributed by atoms with Gasteiger partial charge in [-0.1, -0.05) is 37.8 Å². The van der Waals surface area contributed by atoms with E-state index in [-0.39, 0.29) is 17.3 Å². The standard InChI is InChI=1S/C20H23FN2O/c1-20(10-13-5-6-13,11-14-7-8-14)23-19(24)16-9-15-3-2-4-17(21)18(15)22-12-16/h2-4,9,12-14H,5-8,10-11H2,1H3,(H,23,24). The topological polar surface area (TPSA) is 42.0 Å². The van der Waals surface area contributed by atoms with Crippen molar-refractivity contribution in [2.24, 2.45) is 11.8 Å². The Bertz CT molecular complexity index is 766. The van der Waals surface area contributed by atoms with Crippen LogP contribution in [0, 0.1) is 17.7 Å². The monoisotopic (exact) mass is 326 g/mol. The van der Waals surface area contributed by atoms with E-state index in [2.05, 4.69) is 17.2 Å². The number of hydrogen-bond donors (Lipinski definition) is 1. The zero-order chi connectivity index (χ0) is 16.7. The molecule has 2 aromatic rings. The molecule has 0 atom stereocenters. The summed E-state index contributed by atoms with van der Waals surface area (Å²) >= 11 is 0. The van der Waals surface area contributed by atoms with Gasteiger partial charge in [0.15, 0.2) is 0 Å². The normalized spacial score (nSPS) is 17.9. The van der Waals surface area contributed by atoms with Crippen LogP contribution < -0.4 is 5.32 Å². The predicted molar refractivity (Wildman–Crippen MR) is 92.3 cm³/mol. The van der Waals surface area contributed by atoms with Gasteiger partial charge in [0.1, 0.15) is 11.3 Å². The lowest BCUT2D eigenvalue weighted by atomic mass is 9.88. The van der Waals surface area contributed by atoms with Crippen LogP contribution in [-0.4, -0.2) is 16.4 Å². The van der Waals surface area contributed by atoms with E-state index in [0.29, 0.717) is 16.5 Å². The molecule has 2 aliphatic carbocycles. The molecule has 2 saturated carbocycles. The molecule has 2 aliphatic rings. The molecular formula is C20H23FN2O. The van der Waals surface area contributed by atoms with E-state index in [1.54, 1.807) is 18.2 Å². The number of amides is 1. The fourth-order valence-corrected chi connectivity index (χ4v) is 3.70. The van der Waals surface area contributed by atoms with Crippen molar-refractivity contribution in [3.05, 3.63) is 41.8 Å². The Balaban J connectivity index is 1.55. The van der Waals surface area contributed by atoms with E-state index in [0.717, 1.165) is 24.7 Å². The summed E-state index contributed by atoms with van der Waals surface area (Å²) < 4.78 is 13.7. The molecule has 1 amide bonds. The lowest BCUT2D eigenvalue weighted by molar-refractivity contribution is 0.0889. The van der Waals surface area contributed by atoms with Gasteiger partial charge in [0.25, 0.3) is 5.91 Å². The first kappa shape index (κ1) is 15.6. The van der Waals surface area contributed by atoms with Crippen molar-refractivity contribution >= 4 is 16.8 Å². The summed E-state index contributed by atoms with van der Waals surface area (Å²) in [6.07, 6.45) is 8.74. The van der Waals surface area contributed by atoms with Gasteiger partial charge < -0.3 is 5.32 Å². The highest BCUT2D eigenvalue weighted by Gasteiger charge is 2.39. The molecule has 1 aromatic heterocycles. The highest BCUT2D eigenvalue weighted by molar-refractivity contribution is 5.97. The Morgan fingerprint density at radius 3 is 2.54 bits per heavy atom. The van der Waals surface area contributed by atoms with Gasteiger partial charge >= 0.3 is 0 Å². The largest absolute Gasteiger partial charge is 0.347 e. The van der Waals surface area contributed by atoms with Crippen molar-refractivity contribution in [3.63, 3.8) is 0 Å². The quantitative estimate of drug-likeness (QED) is 0.851. The molecule has 0 bridgehead atoms. The Hall–Kier alpha value is -1.97. The van der Waals surface area contributed by atoms with Crippen LogP contribution in [0.2, 0.25) is 0 Å². The summed E-state index contributed by atoms with van der Waals surface area (Å²) in [5.41, 5.74) is 0.676. The number of pyridine rings is 1. The van der Waals surface area contributed by atoms with Crippen LogP contribution in [0.15, 0.2) is 30.5 Å². The van der Waals surface area contributed by atoms with Crippen molar-refractivity contribution in [2.45, 2.75) is 51.0 Å². The fourth-order valence-electron chi connectivity index (χ4n) is 3.70. The first-order valence-electron chi connectivity index (χ1n) is 8.89. The first-order chi connectivity index (χ1) is 11.5. The lowest BCUT2D eigenvalue weighted by Gasteiger charge is -2.31. The van der Waals surface area contributed by atoms with Gasteiger partial charge in [0, 0.05) is 17.1 Å². The molecule has 1 aromatic carbocycles. The molecule has 0 saturated heterocycles. The van der Waals surface area contributed by atoms with Gasteiger partial charge in [0.05, 0.1) is 5.56 Å². The Kier molecular flexibility index (Phi) is 3.78. The number of benzene rings is 1. The Labute approximate surface area is 141 Å². The predicted octanol–water partition coefficient (Wildman–Crippen LogP) is 4.46. The van der Waals surface area contributed by atoms with E-state index in [1.165, 1.54) is 37.9 Å². The van der Waals surface area contributed by atoms with Crippen molar-refractivity contribution < 1.29 is 9.18 Å². The molecule has 2 fully saturated rings. The van der Waals surface area contributed by atoms with Crippen LogP contribution in [0.3, 0.4) is 0 Å². The van der Waals surface area contributed by atoms with Gasteiger partial charge in [-0.3, -0.25) is 9.78 Å². The van der Waals surface area contributed by atoms with E-state index >= 15 is 0 Å². The summed E-state index contributed by atoms with van der Waals surface area (Å²) in [5, 5.41) is 3.92. The molecule has 3 nitrogen and oxygen atoms in total. The van der Waals surface area contributed by atoms with Crippen LogP contribution in [0.25, 0.3) is 10.9 Å². The summed E-state index contributed by atoms with van der Waals surface area (Å²) in [7, 11) is 0. The van der Waals surface area contributed by atoms with E-state index < -0.39 is 0 Å². The average molecular weight is 326 g/mol. The summed E-state index contributed by atoms with van der Waals surface area (Å²) in [6.45, 7) is 2.18. The second kappa shape index (κ2) is 5.83. The number of hydrogen-bond acceptors (Lipinski definition) is 2. The zero-order valence-corrected chi connectivity index (χ0v) is 14.0. The number of rotatable bonds is 6. The second-order valence-electron chi connectivity index (χ2n) is 7.85. The number of carbonyl (C=O) groups is 1. The minimum Gasteiger partial charge on any atom is -0.347 e. The highest BCUT2D eigenvalue weighted by Crippen LogP contribution is 2.43. The highest BCUT2D eigenvalue weighted by atomic mass is 19.1. The van der Waals surface area contributed by atoms with Crippen molar-refractivity contribution in [3.8, 4) is 0 Å². The number of halogens is 1. The molecule has 1 heterocycles. The molecule has 0 aliphatic heterocycles. The second-order valence-corrected chi connectivity index (χ2v) is 7.85. The van der Waals surface area contributed by atoms with Crippen molar-refractivity contribution in [1.29, 1.82) is 0 Å². The Morgan fingerprint density at radius 2 is 1.92 bits per heavy atom. The van der Waals surface area contributed by atoms with E-state index in [9.17, 15) is 9.18 Å². The van der Waals surface area contributed by atoms with Crippen molar-refractivity contribution in [2.75, 3.05) is 0 Å². The number of nitrogens with zero attached hydrogens (tertiary/aromatic N) is 1. The number of nitrogens with one attached hydrogen (secondary N) is 1. The molecule has 1 N–H and O–H groups in total. The van der Waals surface area contributed by atoms with Crippen LogP contribution in [0.4, 0.5) is 4.39 Å². The van der Waals surface area contributed by atoms with Crippen LogP contribution in [0.1, 0.15) is 55.8 Å². The van der Waals surface area contributed by atoms with Gasteiger partial charge in [-0.05, 0) is 43.7 Å². The molecule has 24 heavy (non-hydrogen) atoms. The molecule has 126 valence electrons. The fraction of sp³-hybridized carbons (Fsp3) is 0.500. The molecular weight excluding hydrogens is 303 g/mol. The number of para-hydroxylation sites is 1. The lowest BCUT2D eigenvalue weighted by Crippen LogP contribution is -2.46. The van der Waals surface area contributed by atoms with Crippen LogP contribution >= 0.6 is 0 Å². The molecule has 0 spiro atoms. The maximum absolute atomic E-state index is 13.7. The van der Waals surface area contributed by atoms with Gasteiger partial charge in [-0.2, -0.15) is 0 Å². The number of carbonyl (C=O) groups excluding carboxylic acids is 1. The molecule has 0 radical (unpaired) electrons. The summed E-state index contributed by atoms with van der Waals surface area (Å²) in [5.74, 6) is 1.07. The SMILES string of the molecule is CC(CC1CC1)(CC1CC1)NC(=O)c1cnc2c(F)cccc2c1.